The topological polar surface area (TPSA) is 88.4 Å². The zero-order valence-electron chi connectivity index (χ0n) is 18.1. The lowest BCUT2D eigenvalue weighted by Gasteiger charge is -2.37. The normalized spacial score (nSPS) is 23.5. The third-order valence-corrected chi connectivity index (χ3v) is 9.29. The molecule has 172 valence electrons. The second-order valence-corrected chi connectivity index (χ2v) is 12.1. The summed E-state index contributed by atoms with van der Waals surface area (Å²) < 4.78 is 25.7. The van der Waals surface area contributed by atoms with Crippen LogP contribution in [0.4, 0.5) is 0 Å². The molecule has 3 fully saturated rings. The SMILES string of the molecule is O=C(CSc1nnc(C2CC2)n1Cc1ccccc1)N1CCN([C@@H]2CCS(=O)(=O)C2)CC1. The van der Waals surface area contributed by atoms with Crippen LogP contribution in [-0.4, -0.2) is 88.4 Å². The summed E-state index contributed by atoms with van der Waals surface area (Å²) in [5, 5.41) is 9.66. The first-order chi connectivity index (χ1) is 15.5. The van der Waals surface area contributed by atoms with Gasteiger partial charge in [0.2, 0.25) is 5.91 Å². The van der Waals surface area contributed by atoms with Gasteiger partial charge in [0.25, 0.3) is 0 Å². The number of carbonyl (C=O) groups is 1. The second-order valence-electron chi connectivity index (χ2n) is 8.95. The fourth-order valence-corrected chi connectivity index (χ4v) is 7.19. The number of amides is 1. The van der Waals surface area contributed by atoms with Crippen molar-refractivity contribution < 1.29 is 13.2 Å². The summed E-state index contributed by atoms with van der Waals surface area (Å²) in [6, 6.07) is 10.4. The van der Waals surface area contributed by atoms with Crippen molar-refractivity contribution >= 4 is 27.5 Å². The Morgan fingerprint density at radius 1 is 1.03 bits per heavy atom. The smallest absolute Gasteiger partial charge is 0.233 e. The first-order valence-electron chi connectivity index (χ1n) is 11.3. The highest BCUT2D eigenvalue weighted by molar-refractivity contribution is 7.99. The van der Waals surface area contributed by atoms with E-state index in [1.165, 1.54) is 17.3 Å². The van der Waals surface area contributed by atoms with Gasteiger partial charge in [-0.25, -0.2) is 8.42 Å². The molecule has 1 aromatic carbocycles. The van der Waals surface area contributed by atoms with Crippen LogP contribution in [0.5, 0.6) is 0 Å². The number of piperazine rings is 1. The van der Waals surface area contributed by atoms with Crippen molar-refractivity contribution in [3.63, 3.8) is 0 Å². The maximum atomic E-state index is 12.9. The number of hydrogen-bond donors (Lipinski definition) is 0. The zero-order valence-corrected chi connectivity index (χ0v) is 19.7. The van der Waals surface area contributed by atoms with Crippen molar-refractivity contribution in [2.75, 3.05) is 43.4 Å². The number of rotatable bonds is 7. The molecule has 2 aliphatic heterocycles. The molecule has 32 heavy (non-hydrogen) atoms. The lowest BCUT2D eigenvalue weighted by atomic mass is 10.2. The van der Waals surface area contributed by atoms with Crippen LogP contribution >= 0.6 is 11.8 Å². The minimum absolute atomic E-state index is 0.107. The monoisotopic (exact) mass is 475 g/mol. The molecule has 0 radical (unpaired) electrons. The van der Waals surface area contributed by atoms with E-state index in [1.54, 1.807) is 0 Å². The summed E-state index contributed by atoms with van der Waals surface area (Å²) in [7, 11) is -2.88. The Bertz CT molecular complexity index is 1060. The minimum Gasteiger partial charge on any atom is -0.339 e. The van der Waals surface area contributed by atoms with Gasteiger partial charge >= 0.3 is 0 Å². The van der Waals surface area contributed by atoms with E-state index in [1.807, 2.05) is 23.1 Å². The van der Waals surface area contributed by atoms with Gasteiger partial charge in [0.1, 0.15) is 5.82 Å². The van der Waals surface area contributed by atoms with E-state index in [4.69, 9.17) is 0 Å². The highest BCUT2D eigenvalue weighted by Gasteiger charge is 2.34. The molecular formula is C22H29N5O3S2. The highest BCUT2D eigenvalue weighted by Crippen LogP contribution is 2.40. The Morgan fingerprint density at radius 2 is 1.78 bits per heavy atom. The molecule has 1 aliphatic carbocycles. The predicted molar refractivity (Wildman–Crippen MR) is 123 cm³/mol. The fourth-order valence-electron chi connectivity index (χ4n) is 4.58. The molecule has 0 N–H and O–H groups in total. The number of sulfone groups is 1. The van der Waals surface area contributed by atoms with Crippen molar-refractivity contribution in [1.29, 1.82) is 0 Å². The molecule has 0 unspecified atom stereocenters. The van der Waals surface area contributed by atoms with Crippen molar-refractivity contribution in [2.45, 2.75) is 42.9 Å². The average Bonchev–Trinajstić information content (AvgIpc) is 3.47. The van der Waals surface area contributed by atoms with Crippen molar-refractivity contribution in [1.82, 2.24) is 24.6 Å². The zero-order chi connectivity index (χ0) is 22.1. The standard InChI is InChI=1S/C22H29N5O3S2/c28-20(26-11-9-25(10-12-26)19-8-13-32(29,30)16-19)15-31-22-24-23-21(18-6-7-18)27(22)14-17-4-2-1-3-5-17/h1-5,18-19H,6-16H2/t19-/m1/s1. The van der Waals surface area contributed by atoms with Crippen LogP contribution in [0.15, 0.2) is 35.5 Å². The molecule has 3 aliphatic rings. The number of carbonyl (C=O) groups excluding carboxylic acids is 1. The summed E-state index contributed by atoms with van der Waals surface area (Å²) in [6.45, 7) is 3.51. The number of benzene rings is 1. The summed E-state index contributed by atoms with van der Waals surface area (Å²) in [6.07, 6.45) is 3.03. The molecule has 1 saturated carbocycles. The van der Waals surface area contributed by atoms with Gasteiger partial charge < -0.3 is 9.47 Å². The predicted octanol–water partition coefficient (Wildman–Crippen LogP) is 1.63. The quantitative estimate of drug-likeness (QED) is 0.563. The molecule has 1 atom stereocenters. The largest absolute Gasteiger partial charge is 0.339 e. The van der Waals surface area contributed by atoms with Gasteiger partial charge in [-0.2, -0.15) is 0 Å². The molecular weight excluding hydrogens is 446 g/mol. The van der Waals surface area contributed by atoms with Gasteiger partial charge in [-0.15, -0.1) is 10.2 Å². The number of hydrogen-bond acceptors (Lipinski definition) is 7. The van der Waals surface area contributed by atoms with Gasteiger partial charge in [0.15, 0.2) is 15.0 Å². The number of aromatic nitrogens is 3. The Balaban J connectivity index is 1.17. The number of thioether (sulfide) groups is 1. The van der Waals surface area contributed by atoms with E-state index >= 15 is 0 Å². The minimum atomic E-state index is -2.88. The second kappa shape index (κ2) is 9.15. The first-order valence-corrected chi connectivity index (χ1v) is 14.1. The summed E-state index contributed by atoms with van der Waals surface area (Å²) in [5.74, 6) is 2.52. The van der Waals surface area contributed by atoms with E-state index < -0.39 is 9.84 Å². The van der Waals surface area contributed by atoms with E-state index in [0.717, 1.165) is 43.5 Å². The van der Waals surface area contributed by atoms with E-state index in [-0.39, 0.29) is 17.7 Å². The van der Waals surface area contributed by atoms with Crippen LogP contribution in [0, 0.1) is 0 Å². The van der Waals surface area contributed by atoms with Gasteiger partial charge in [-0.05, 0) is 24.8 Å². The molecule has 1 aromatic heterocycles. The Kier molecular flexibility index (Phi) is 6.26. The van der Waals surface area contributed by atoms with Gasteiger partial charge in [0.05, 0.1) is 23.8 Å². The van der Waals surface area contributed by atoms with Crippen LogP contribution < -0.4 is 0 Å². The molecule has 3 heterocycles. The average molecular weight is 476 g/mol. The summed E-state index contributed by atoms with van der Waals surface area (Å²) in [4.78, 5) is 17.0. The lowest BCUT2D eigenvalue weighted by Crippen LogP contribution is -2.52. The van der Waals surface area contributed by atoms with E-state index in [9.17, 15) is 13.2 Å². The van der Waals surface area contributed by atoms with Crippen molar-refractivity contribution in [2.24, 2.45) is 0 Å². The molecule has 0 spiro atoms. The summed E-state index contributed by atoms with van der Waals surface area (Å²) in [5.41, 5.74) is 1.20. The maximum Gasteiger partial charge on any atom is 0.233 e. The maximum absolute atomic E-state index is 12.9. The third kappa shape index (κ3) is 5.02. The summed E-state index contributed by atoms with van der Waals surface area (Å²) >= 11 is 1.47. The highest BCUT2D eigenvalue weighted by atomic mass is 32.2. The van der Waals surface area contributed by atoms with Crippen LogP contribution in [0.1, 0.15) is 36.6 Å². The fraction of sp³-hybridized carbons (Fsp3) is 0.591. The van der Waals surface area contributed by atoms with E-state index in [2.05, 4.69) is 31.8 Å². The van der Waals surface area contributed by atoms with Crippen LogP contribution in [-0.2, 0) is 21.2 Å². The van der Waals surface area contributed by atoms with Crippen LogP contribution in [0.25, 0.3) is 0 Å². The van der Waals surface area contributed by atoms with Crippen LogP contribution in [0.2, 0.25) is 0 Å². The van der Waals surface area contributed by atoms with E-state index in [0.29, 0.717) is 36.9 Å². The number of nitrogens with zero attached hydrogens (tertiary/aromatic N) is 5. The Morgan fingerprint density at radius 3 is 2.44 bits per heavy atom. The lowest BCUT2D eigenvalue weighted by molar-refractivity contribution is -0.130. The molecule has 8 nitrogen and oxygen atoms in total. The Labute approximate surface area is 193 Å². The first kappa shape index (κ1) is 21.9. The van der Waals surface area contributed by atoms with Crippen molar-refractivity contribution in [3.8, 4) is 0 Å². The molecule has 1 amide bonds. The molecule has 2 saturated heterocycles. The molecule has 2 aromatic rings. The molecule has 0 bridgehead atoms. The molecule has 10 heteroatoms. The van der Waals surface area contributed by atoms with Gasteiger partial charge in [-0.3, -0.25) is 9.69 Å². The van der Waals surface area contributed by atoms with Gasteiger partial charge in [-0.1, -0.05) is 42.1 Å². The molecule has 5 rings (SSSR count). The van der Waals surface area contributed by atoms with Gasteiger partial charge in [0, 0.05) is 38.1 Å². The van der Waals surface area contributed by atoms with Crippen LogP contribution in [0.3, 0.4) is 0 Å². The van der Waals surface area contributed by atoms with Crippen molar-refractivity contribution in [3.05, 3.63) is 41.7 Å². The Hall–Kier alpha value is -1.91. The third-order valence-electron chi connectivity index (χ3n) is 6.59.